The van der Waals surface area contributed by atoms with Gasteiger partial charge in [-0.15, -0.1) is 0 Å². The van der Waals surface area contributed by atoms with Gasteiger partial charge in [-0.05, 0) is 69.3 Å². The standard InChI is InChI=1S/C20H18IN3O2/c1-26-19-9-6-14(10-18(19)21)12-23-24-20(25)13-22-17-8-7-15-4-2-3-5-16(15)11-17/h2-12,22H,13H2,1H3,(H,24,25). The average molecular weight is 459 g/mol. The molecular weight excluding hydrogens is 441 g/mol. The summed E-state index contributed by atoms with van der Waals surface area (Å²) in [6, 6.07) is 19.8. The predicted molar refractivity (Wildman–Crippen MR) is 114 cm³/mol. The lowest BCUT2D eigenvalue weighted by Crippen LogP contribution is -2.25. The molecule has 3 aromatic carbocycles. The summed E-state index contributed by atoms with van der Waals surface area (Å²) in [6.07, 6.45) is 1.61. The van der Waals surface area contributed by atoms with Crippen molar-refractivity contribution < 1.29 is 9.53 Å². The normalized spacial score (nSPS) is 10.8. The molecule has 0 heterocycles. The highest BCUT2D eigenvalue weighted by molar-refractivity contribution is 14.1. The van der Waals surface area contributed by atoms with Crippen LogP contribution in [0.4, 0.5) is 5.69 Å². The lowest BCUT2D eigenvalue weighted by molar-refractivity contribution is -0.119. The van der Waals surface area contributed by atoms with E-state index in [9.17, 15) is 4.79 Å². The molecule has 0 saturated heterocycles. The summed E-state index contributed by atoms with van der Waals surface area (Å²) in [6.45, 7) is 0.149. The van der Waals surface area contributed by atoms with Crippen molar-refractivity contribution in [3.05, 3.63) is 69.8 Å². The van der Waals surface area contributed by atoms with Crippen molar-refractivity contribution >= 4 is 51.2 Å². The number of nitrogens with zero attached hydrogens (tertiary/aromatic N) is 1. The fourth-order valence-corrected chi connectivity index (χ4v) is 3.22. The minimum atomic E-state index is -0.211. The Morgan fingerprint density at radius 2 is 1.92 bits per heavy atom. The van der Waals surface area contributed by atoms with Gasteiger partial charge in [-0.1, -0.05) is 30.3 Å². The summed E-state index contributed by atoms with van der Waals surface area (Å²) in [5.41, 5.74) is 4.30. The minimum absolute atomic E-state index is 0.149. The molecule has 0 aliphatic carbocycles. The zero-order valence-corrected chi connectivity index (χ0v) is 16.4. The SMILES string of the molecule is COc1ccc(C=NNC(=O)CNc2ccc3ccccc3c2)cc1I. The summed E-state index contributed by atoms with van der Waals surface area (Å²) in [5, 5.41) is 9.39. The number of carbonyl (C=O) groups excluding carboxylic acids is 1. The second kappa shape index (κ2) is 8.66. The van der Waals surface area contributed by atoms with Crippen LogP contribution in [-0.4, -0.2) is 25.8 Å². The number of ether oxygens (including phenoxy) is 1. The van der Waals surface area contributed by atoms with E-state index in [1.165, 1.54) is 5.39 Å². The van der Waals surface area contributed by atoms with Crippen molar-refractivity contribution in [1.82, 2.24) is 5.43 Å². The Morgan fingerprint density at radius 3 is 2.69 bits per heavy atom. The Bertz CT molecular complexity index is 957. The van der Waals surface area contributed by atoms with Gasteiger partial charge >= 0.3 is 0 Å². The molecule has 0 radical (unpaired) electrons. The van der Waals surface area contributed by atoms with Gasteiger partial charge in [0.05, 0.1) is 23.4 Å². The molecule has 6 heteroatoms. The van der Waals surface area contributed by atoms with Gasteiger partial charge in [0.2, 0.25) is 0 Å². The van der Waals surface area contributed by atoms with E-state index >= 15 is 0 Å². The highest BCUT2D eigenvalue weighted by atomic mass is 127. The topological polar surface area (TPSA) is 62.7 Å². The zero-order chi connectivity index (χ0) is 18.4. The van der Waals surface area contributed by atoms with E-state index in [-0.39, 0.29) is 12.5 Å². The smallest absolute Gasteiger partial charge is 0.259 e. The number of methoxy groups -OCH3 is 1. The summed E-state index contributed by atoms with van der Waals surface area (Å²) in [5.74, 6) is 0.601. The van der Waals surface area contributed by atoms with Gasteiger partial charge in [-0.2, -0.15) is 5.10 Å². The summed E-state index contributed by atoms with van der Waals surface area (Å²) < 4.78 is 6.20. The molecule has 5 nitrogen and oxygen atoms in total. The van der Waals surface area contributed by atoms with E-state index in [4.69, 9.17) is 4.74 Å². The molecule has 3 rings (SSSR count). The number of rotatable bonds is 6. The number of hydrogen-bond acceptors (Lipinski definition) is 4. The van der Waals surface area contributed by atoms with Crippen molar-refractivity contribution in [2.75, 3.05) is 19.0 Å². The Kier molecular flexibility index (Phi) is 6.06. The highest BCUT2D eigenvalue weighted by Gasteiger charge is 2.02. The third kappa shape index (κ3) is 4.72. The number of amides is 1. The van der Waals surface area contributed by atoms with E-state index in [1.807, 2.05) is 54.6 Å². The monoisotopic (exact) mass is 459 g/mol. The maximum atomic E-state index is 11.9. The third-order valence-electron chi connectivity index (χ3n) is 3.78. The number of nitrogens with one attached hydrogen (secondary N) is 2. The first-order valence-corrected chi connectivity index (χ1v) is 9.12. The fraction of sp³-hybridized carbons (Fsp3) is 0.100. The van der Waals surface area contributed by atoms with Crippen LogP contribution < -0.4 is 15.5 Å². The Morgan fingerprint density at radius 1 is 1.12 bits per heavy atom. The highest BCUT2D eigenvalue weighted by Crippen LogP contribution is 2.21. The predicted octanol–water partition coefficient (Wildman–Crippen LogP) is 4.02. The van der Waals surface area contributed by atoms with Crippen LogP contribution in [0.15, 0.2) is 65.8 Å². The van der Waals surface area contributed by atoms with Crippen LogP contribution >= 0.6 is 22.6 Å². The molecule has 0 aliphatic rings. The summed E-state index contributed by atoms with van der Waals surface area (Å²) in [7, 11) is 1.63. The first-order chi connectivity index (χ1) is 12.7. The molecule has 1 amide bonds. The van der Waals surface area contributed by atoms with Gasteiger partial charge in [0.1, 0.15) is 5.75 Å². The molecule has 0 aromatic heterocycles. The van der Waals surface area contributed by atoms with Crippen LogP contribution in [-0.2, 0) is 4.79 Å². The van der Waals surface area contributed by atoms with E-state index < -0.39 is 0 Å². The summed E-state index contributed by atoms with van der Waals surface area (Å²) >= 11 is 2.19. The molecular formula is C20H18IN3O2. The van der Waals surface area contributed by atoms with Crippen molar-refractivity contribution in [2.24, 2.45) is 5.10 Å². The average Bonchev–Trinajstić information content (AvgIpc) is 2.66. The van der Waals surface area contributed by atoms with Crippen LogP contribution in [0.3, 0.4) is 0 Å². The molecule has 0 spiro atoms. The van der Waals surface area contributed by atoms with Crippen LogP contribution in [0.5, 0.6) is 5.75 Å². The number of hydrogen-bond donors (Lipinski definition) is 2. The fourth-order valence-electron chi connectivity index (χ4n) is 2.46. The van der Waals surface area contributed by atoms with E-state index in [0.717, 1.165) is 26.0 Å². The molecule has 0 aliphatic heterocycles. The van der Waals surface area contributed by atoms with Crippen LogP contribution in [0.2, 0.25) is 0 Å². The molecule has 0 fully saturated rings. The zero-order valence-electron chi connectivity index (χ0n) is 14.2. The Labute approximate surface area is 165 Å². The lowest BCUT2D eigenvalue weighted by atomic mass is 10.1. The molecule has 132 valence electrons. The molecule has 0 bridgehead atoms. The second-order valence-electron chi connectivity index (χ2n) is 5.60. The Hall–Kier alpha value is -2.61. The van der Waals surface area contributed by atoms with Gasteiger partial charge in [0.25, 0.3) is 5.91 Å². The van der Waals surface area contributed by atoms with Crippen LogP contribution in [0.1, 0.15) is 5.56 Å². The quantitative estimate of drug-likeness (QED) is 0.333. The maximum absolute atomic E-state index is 11.9. The van der Waals surface area contributed by atoms with Crippen LogP contribution in [0, 0.1) is 3.57 Å². The largest absolute Gasteiger partial charge is 0.496 e. The number of anilines is 1. The van der Waals surface area contributed by atoms with E-state index in [2.05, 4.69) is 44.5 Å². The Balaban J connectivity index is 1.52. The van der Waals surface area contributed by atoms with E-state index in [0.29, 0.717) is 0 Å². The van der Waals surface area contributed by atoms with Crippen molar-refractivity contribution in [1.29, 1.82) is 0 Å². The maximum Gasteiger partial charge on any atom is 0.259 e. The number of halogens is 1. The number of carbonyl (C=O) groups is 1. The summed E-state index contributed by atoms with van der Waals surface area (Å²) in [4.78, 5) is 11.9. The molecule has 0 saturated carbocycles. The number of benzene rings is 3. The van der Waals surface area contributed by atoms with Crippen molar-refractivity contribution in [3.63, 3.8) is 0 Å². The van der Waals surface area contributed by atoms with Gasteiger partial charge in [-0.25, -0.2) is 5.43 Å². The minimum Gasteiger partial charge on any atom is -0.496 e. The molecule has 0 atom stereocenters. The van der Waals surface area contributed by atoms with Gasteiger partial charge in [-0.3, -0.25) is 4.79 Å². The molecule has 0 unspecified atom stereocenters. The molecule has 26 heavy (non-hydrogen) atoms. The molecule has 2 N–H and O–H groups in total. The van der Waals surface area contributed by atoms with Gasteiger partial charge < -0.3 is 10.1 Å². The van der Waals surface area contributed by atoms with Crippen molar-refractivity contribution in [2.45, 2.75) is 0 Å². The number of fused-ring (bicyclic) bond motifs is 1. The lowest BCUT2D eigenvalue weighted by Gasteiger charge is -2.07. The first kappa shape index (κ1) is 18.2. The van der Waals surface area contributed by atoms with Crippen LogP contribution in [0.25, 0.3) is 10.8 Å². The van der Waals surface area contributed by atoms with Crippen molar-refractivity contribution in [3.8, 4) is 5.75 Å². The van der Waals surface area contributed by atoms with E-state index in [1.54, 1.807) is 13.3 Å². The van der Waals surface area contributed by atoms with Gasteiger partial charge in [0, 0.05) is 5.69 Å². The molecule has 3 aromatic rings. The number of hydrazone groups is 1. The second-order valence-corrected chi connectivity index (χ2v) is 6.76. The first-order valence-electron chi connectivity index (χ1n) is 8.04. The third-order valence-corrected chi connectivity index (χ3v) is 4.62. The van der Waals surface area contributed by atoms with Gasteiger partial charge in [0.15, 0.2) is 0 Å².